The van der Waals surface area contributed by atoms with Gasteiger partial charge in [-0.25, -0.2) is 0 Å². The zero-order valence-corrected chi connectivity index (χ0v) is 9.63. The van der Waals surface area contributed by atoms with Crippen LogP contribution in [0.3, 0.4) is 0 Å². The molecule has 0 bridgehead atoms. The maximum atomic E-state index is 13.2. The van der Waals surface area contributed by atoms with E-state index >= 15 is 0 Å². The predicted molar refractivity (Wildman–Crippen MR) is 61.2 cm³/mol. The summed E-state index contributed by atoms with van der Waals surface area (Å²) in [4.78, 5) is 9.90. The molecule has 0 aliphatic rings. The standard InChI is InChI=1S/C8H3FINO2S/c9-8-7(11(12)13)5-3-4(10)1-2-6(5)14-8/h1-3H. The molecule has 3 nitrogen and oxygen atoms in total. The molecule has 0 aliphatic carbocycles. The third-order valence-corrected chi connectivity index (χ3v) is 3.38. The van der Waals surface area contributed by atoms with Gasteiger partial charge in [-0.1, -0.05) is 11.3 Å². The molecule has 0 amide bonds. The van der Waals surface area contributed by atoms with Crippen LogP contribution in [0.2, 0.25) is 0 Å². The molecular formula is C8H3FINO2S. The quantitative estimate of drug-likeness (QED) is 0.458. The molecular weight excluding hydrogens is 320 g/mol. The van der Waals surface area contributed by atoms with E-state index in [9.17, 15) is 14.5 Å². The van der Waals surface area contributed by atoms with Gasteiger partial charge in [-0.05, 0) is 40.8 Å². The highest BCUT2D eigenvalue weighted by atomic mass is 127. The van der Waals surface area contributed by atoms with E-state index in [4.69, 9.17) is 0 Å². The van der Waals surface area contributed by atoms with Gasteiger partial charge in [-0.3, -0.25) is 10.1 Å². The van der Waals surface area contributed by atoms with Crippen LogP contribution < -0.4 is 0 Å². The molecule has 0 saturated heterocycles. The fraction of sp³-hybridized carbons (Fsp3) is 0. The van der Waals surface area contributed by atoms with E-state index in [1.54, 1.807) is 18.2 Å². The molecule has 0 atom stereocenters. The van der Waals surface area contributed by atoms with Crippen LogP contribution in [0.4, 0.5) is 10.1 Å². The van der Waals surface area contributed by atoms with Gasteiger partial charge in [0, 0.05) is 8.27 Å². The zero-order chi connectivity index (χ0) is 10.3. The average molecular weight is 323 g/mol. The molecule has 0 spiro atoms. The van der Waals surface area contributed by atoms with E-state index in [0.29, 0.717) is 10.1 Å². The van der Waals surface area contributed by atoms with Crippen molar-refractivity contribution < 1.29 is 9.31 Å². The minimum Gasteiger partial charge on any atom is -0.258 e. The summed E-state index contributed by atoms with van der Waals surface area (Å²) in [5, 5.41) is 10.2. The smallest absolute Gasteiger partial charge is 0.258 e. The van der Waals surface area contributed by atoms with Crippen molar-refractivity contribution in [2.24, 2.45) is 0 Å². The minimum atomic E-state index is -0.730. The number of thiophene rings is 1. The maximum Gasteiger partial charge on any atom is 0.323 e. The number of rotatable bonds is 1. The molecule has 1 heterocycles. The lowest BCUT2D eigenvalue weighted by atomic mass is 10.2. The lowest BCUT2D eigenvalue weighted by Crippen LogP contribution is -1.88. The van der Waals surface area contributed by atoms with Gasteiger partial charge in [-0.15, -0.1) is 0 Å². The van der Waals surface area contributed by atoms with Gasteiger partial charge in [0.05, 0.1) is 10.3 Å². The molecule has 2 rings (SSSR count). The lowest BCUT2D eigenvalue weighted by molar-refractivity contribution is -0.385. The Labute approximate surface area is 95.8 Å². The van der Waals surface area contributed by atoms with E-state index in [1.165, 1.54) is 0 Å². The Morgan fingerprint density at radius 2 is 2.21 bits per heavy atom. The lowest BCUT2D eigenvalue weighted by Gasteiger charge is -1.90. The summed E-state index contributed by atoms with van der Waals surface area (Å²) in [5.74, 6) is 0. The van der Waals surface area contributed by atoms with Crippen molar-refractivity contribution in [3.05, 3.63) is 37.0 Å². The van der Waals surface area contributed by atoms with Crippen molar-refractivity contribution in [2.45, 2.75) is 0 Å². The predicted octanol–water partition coefficient (Wildman–Crippen LogP) is 3.55. The van der Waals surface area contributed by atoms with Crippen LogP contribution in [-0.4, -0.2) is 4.92 Å². The van der Waals surface area contributed by atoms with Crippen LogP contribution in [-0.2, 0) is 0 Å². The fourth-order valence-corrected chi connectivity index (χ4v) is 2.56. The molecule has 2 aromatic rings. The first-order valence-electron chi connectivity index (χ1n) is 3.61. The first-order chi connectivity index (χ1) is 6.59. The van der Waals surface area contributed by atoms with Gasteiger partial charge >= 0.3 is 5.69 Å². The molecule has 14 heavy (non-hydrogen) atoms. The van der Waals surface area contributed by atoms with Crippen molar-refractivity contribution in [3.8, 4) is 0 Å². The van der Waals surface area contributed by atoms with Crippen LogP contribution in [0, 0.1) is 18.8 Å². The first-order valence-corrected chi connectivity index (χ1v) is 5.51. The van der Waals surface area contributed by atoms with Crippen LogP contribution in [0.25, 0.3) is 10.1 Å². The highest BCUT2D eigenvalue weighted by Gasteiger charge is 2.22. The van der Waals surface area contributed by atoms with Gasteiger partial charge in [0.2, 0.25) is 0 Å². The summed E-state index contributed by atoms with van der Waals surface area (Å²) in [6, 6.07) is 5.11. The minimum absolute atomic E-state index is 0.379. The second-order valence-electron chi connectivity index (χ2n) is 2.62. The number of benzene rings is 1. The molecule has 0 unspecified atom stereocenters. The Kier molecular flexibility index (Phi) is 2.40. The van der Waals surface area contributed by atoms with Crippen molar-refractivity contribution in [3.63, 3.8) is 0 Å². The summed E-state index contributed by atoms with van der Waals surface area (Å²) in [7, 11) is 0. The zero-order valence-electron chi connectivity index (χ0n) is 6.66. The van der Waals surface area contributed by atoms with Gasteiger partial charge in [0.1, 0.15) is 0 Å². The van der Waals surface area contributed by atoms with Crippen LogP contribution in [0.1, 0.15) is 0 Å². The molecule has 0 aliphatic heterocycles. The Morgan fingerprint density at radius 1 is 1.50 bits per heavy atom. The Morgan fingerprint density at radius 3 is 2.86 bits per heavy atom. The highest BCUT2D eigenvalue weighted by Crippen LogP contribution is 2.36. The number of hydrogen-bond donors (Lipinski definition) is 0. The molecule has 1 aromatic carbocycles. The van der Waals surface area contributed by atoms with E-state index in [2.05, 4.69) is 0 Å². The van der Waals surface area contributed by atoms with E-state index in [-0.39, 0.29) is 0 Å². The second-order valence-corrected chi connectivity index (χ2v) is 4.87. The van der Waals surface area contributed by atoms with Crippen molar-refractivity contribution in [1.82, 2.24) is 0 Å². The second kappa shape index (κ2) is 3.43. The van der Waals surface area contributed by atoms with Gasteiger partial charge in [0.25, 0.3) is 5.13 Å². The topological polar surface area (TPSA) is 43.1 Å². The van der Waals surface area contributed by atoms with Crippen LogP contribution in [0.15, 0.2) is 18.2 Å². The Hall–Kier alpha value is -0.760. The molecule has 0 saturated carbocycles. The Balaban J connectivity index is 2.86. The molecule has 0 radical (unpaired) electrons. The molecule has 72 valence electrons. The summed E-state index contributed by atoms with van der Waals surface area (Å²) in [6.07, 6.45) is 0. The molecule has 0 fully saturated rings. The highest BCUT2D eigenvalue weighted by molar-refractivity contribution is 14.1. The average Bonchev–Trinajstić information content (AvgIpc) is 2.40. The summed E-state index contributed by atoms with van der Waals surface area (Å²) >= 11 is 2.84. The Bertz CT molecular complexity index is 525. The summed E-state index contributed by atoms with van der Waals surface area (Å²) in [6.45, 7) is 0. The summed E-state index contributed by atoms with van der Waals surface area (Å²) in [5.41, 5.74) is -0.413. The van der Waals surface area contributed by atoms with Crippen LogP contribution in [0.5, 0.6) is 0 Å². The van der Waals surface area contributed by atoms with Crippen molar-refractivity contribution in [2.75, 3.05) is 0 Å². The molecule has 0 N–H and O–H groups in total. The first kappa shape index (κ1) is 9.78. The third kappa shape index (κ3) is 1.48. The van der Waals surface area contributed by atoms with E-state index in [1.807, 2.05) is 22.6 Å². The van der Waals surface area contributed by atoms with Gasteiger partial charge < -0.3 is 0 Å². The van der Waals surface area contributed by atoms with Crippen molar-refractivity contribution >= 4 is 49.7 Å². The monoisotopic (exact) mass is 323 g/mol. The number of hydrogen-bond acceptors (Lipinski definition) is 3. The summed E-state index contributed by atoms with van der Waals surface area (Å²) < 4.78 is 14.6. The van der Waals surface area contributed by atoms with Crippen molar-refractivity contribution in [1.29, 1.82) is 0 Å². The molecule has 1 aromatic heterocycles. The van der Waals surface area contributed by atoms with E-state index < -0.39 is 15.7 Å². The normalized spacial score (nSPS) is 10.7. The number of halogens is 2. The molecule has 6 heteroatoms. The number of nitrogens with zero attached hydrogens (tertiary/aromatic N) is 1. The fourth-order valence-electron chi connectivity index (χ4n) is 1.20. The number of fused-ring (bicyclic) bond motifs is 1. The largest absolute Gasteiger partial charge is 0.323 e. The van der Waals surface area contributed by atoms with Crippen LogP contribution >= 0.6 is 33.9 Å². The van der Waals surface area contributed by atoms with Gasteiger partial charge in [0.15, 0.2) is 0 Å². The van der Waals surface area contributed by atoms with E-state index in [0.717, 1.165) is 14.9 Å². The van der Waals surface area contributed by atoms with Gasteiger partial charge in [-0.2, -0.15) is 4.39 Å². The SMILES string of the molecule is O=[N+]([O-])c1c(F)sc2ccc(I)cc12. The third-order valence-electron chi connectivity index (χ3n) is 1.77. The number of nitro groups is 1. The maximum absolute atomic E-state index is 13.2.